The number of hydrogen-bond acceptors (Lipinski definition) is 3. The number of hydrogen-bond donors (Lipinski definition) is 0. The van der Waals surface area contributed by atoms with Crippen LogP contribution in [0.15, 0.2) is 66.7 Å². The fraction of sp³-hybridized carbons (Fsp3) is 0. The van der Waals surface area contributed by atoms with Gasteiger partial charge in [-0.1, -0.05) is 30.3 Å². The third kappa shape index (κ3) is 2.75. The SMILES string of the molecule is N#Cc1ccc(C(=O)Oc2ccc3ccccc3c2)cc1. The zero-order valence-electron chi connectivity index (χ0n) is 11.1. The van der Waals surface area contributed by atoms with Gasteiger partial charge in [0.2, 0.25) is 0 Å². The molecule has 3 rings (SSSR count). The zero-order valence-corrected chi connectivity index (χ0v) is 11.1. The molecule has 0 aromatic heterocycles. The van der Waals surface area contributed by atoms with E-state index in [9.17, 15) is 4.79 Å². The van der Waals surface area contributed by atoms with Crippen molar-refractivity contribution < 1.29 is 9.53 Å². The lowest BCUT2D eigenvalue weighted by molar-refractivity contribution is 0.0735. The van der Waals surface area contributed by atoms with Gasteiger partial charge in [-0.05, 0) is 47.2 Å². The predicted octanol–water partition coefficient (Wildman–Crippen LogP) is 3.93. The average Bonchev–Trinajstić information content (AvgIpc) is 2.55. The smallest absolute Gasteiger partial charge is 0.343 e. The molecule has 0 fully saturated rings. The number of benzene rings is 3. The third-order valence-electron chi connectivity index (χ3n) is 3.18. The lowest BCUT2D eigenvalue weighted by Gasteiger charge is -2.05. The van der Waals surface area contributed by atoms with Gasteiger partial charge in [-0.25, -0.2) is 4.79 Å². The fourth-order valence-electron chi connectivity index (χ4n) is 2.08. The first-order chi connectivity index (χ1) is 10.3. The van der Waals surface area contributed by atoms with Gasteiger partial charge in [0.1, 0.15) is 5.75 Å². The summed E-state index contributed by atoms with van der Waals surface area (Å²) < 4.78 is 5.36. The van der Waals surface area contributed by atoms with Gasteiger partial charge in [-0.15, -0.1) is 0 Å². The van der Waals surface area contributed by atoms with Gasteiger partial charge in [0, 0.05) is 0 Å². The molecule has 0 unspecified atom stereocenters. The molecule has 3 aromatic rings. The van der Waals surface area contributed by atoms with E-state index in [0.717, 1.165) is 10.8 Å². The summed E-state index contributed by atoms with van der Waals surface area (Å²) in [5.41, 5.74) is 0.930. The van der Waals surface area contributed by atoms with Gasteiger partial charge in [-0.2, -0.15) is 5.26 Å². The van der Waals surface area contributed by atoms with Crippen LogP contribution in [0.25, 0.3) is 10.8 Å². The fourth-order valence-corrected chi connectivity index (χ4v) is 2.08. The molecular weight excluding hydrogens is 262 g/mol. The van der Waals surface area contributed by atoms with Crippen LogP contribution in [0.1, 0.15) is 15.9 Å². The largest absolute Gasteiger partial charge is 0.423 e. The minimum atomic E-state index is -0.435. The summed E-state index contributed by atoms with van der Waals surface area (Å²) in [6, 6.07) is 21.8. The summed E-state index contributed by atoms with van der Waals surface area (Å²) >= 11 is 0. The normalized spacial score (nSPS) is 10.0. The highest BCUT2D eigenvalue weighted by atomic mass is 16.5. The number of esters is 1. The molecule has 3 aromatic carbocycles. The van der Waals surface area contributed by atoms with Crippen molar-refractivity contribution in [3.8, 4) is 11.8 Å². The van der Waals surface area contributed by atoms with Crippen LogP contribution >= 0.6 is 0 Å². The quantitative estimate of drug-likeness (QED) is 0.525. The minimum Gasteiger partial charge on any atom is -0.423 e. The highest BCUT2D eigenvalue weighted by molar-refractivity contribution is 5.92. The molecule has 100 valence electrons. The van der Waals surface area contributed by atoms with Crippen LogP contribution in [0.2, 0.25) is 0 Å². The first kappa shape index (κ1) is 12.9. The number of carbonyl (C=O) groups is 1. The number of carbonyl (C=O) groups excluding carboxylic acids is 1. The summed E-state index contributed by atoms with van der Waals surface area (Å²) in [7, 11) is 0. The second-order valence-electron chi connectivity index (χ2n) is 4.59. The molecule has 0 radical (unpaired) electrons. The average molecular weight is 273 g/mol. The van der Waals surface area contributed by atoms with Crippen molar-refractivity contribution in [3.63, 3.8) is 0 Å². The zero-order chi connectivity index (χ0) is 14.7. The molecule has 0 aliphatic carbocycles. The molecule has 0 aliphatic rings. The van der Waals surface area contributed by atoms with Crippen molar-refractivity contribution in [2.75, 3.05) is 0 Å². The van der Waals surface area contributed by atoms with Gasteiger partial charge in [-0.3, -0.25) is 0 Å². The Morgan fingerprint density at radius 2 is 1.62 bits per heavy atom. The molecule has 0 bridgehead atoms. The molecule has 0 N–H and O–H groups in total. The van der Waals surface area contributed by atoms with Gasteiger partial charge in [0.25, 0.3) is 0 Å². The van der Waals surface area contributed by atoms with Crippen molar-refractivity contribution in [2.45, 2.75) is 0 Å². The Hall–Kier alpha value is -3.12. The first-order valence-electron chi connectivity index (χ1n) is 6.47. The van der Waals surface area contributed by atoms with Gasteiger partial charge >= 0.3 is 5.97 Å². The van der Waals surface area contributed by atoms with E-state index in [1.807, 2.05) is 42.5 Å². The lowest BCUT2D eigenvalue weighted by Crippen LogP contribution is -2.08. The molecule has 0 aliphatic heterocycles. The summed E-state index contributed by atoms with van der Waals surface area (Å²) in [6.07, 6.45) is 0. The Morgan fingerprint density at radius 1 is 0.905 bits per heavy atom. The second kappa shape index (κ2) is 5.48. The molecule has 0 atom stereocenters. The number of fused-ring (bicyclic) bond motifs is 1. The van der Waals surface area contributed by atoms with E-state index in [-0.39, 0.29) is 0 Å². The maximum absolute atomic E-state index is 12.0. The van der Waals surface area contributed by atoms with Crippen LogP contribution in [0, 0.1) is 11.3 Å². The summed E-state index contributed by atoms with van der Waals surface area (Å²) in [5, 5.41) is 10.8. The maximum Gasteiger partial charge on any atom is 0.343 e. The Morgan fingerprint density at radius 3 is 2.33 bits per heavy atom. The monoisotopic (exact) mass is 273 g/mol. The van der Waals surface area contributed by atoms with Crippen molar-refractivity contribution in [1.29, 1.82) is 5.26 Å². The first-order valence-corrected chi connectivity index (χ1v) is 6.47. The molecule has 0 heterocycles. The number of nitrogens with zero attached hydrogens (tertiary/aromatic N) is 1. The van der Waals surface area contributed by atoms with Crippen LogP contribution in [0.4, 0.5) is 0 Å². The van der Waals surface area contributed by atoms with E-state index in [2.05, 4.69) is 0 Å². The van der Waals surface area contributed by atoms with E-state index < -0.39 is 5.97 Å². The number of rotatable bonds is 2. The third-order valence-corrected chi connectivity index (χ3v) is 3.18. The van der Waals surface area contributed by atoms with Crippen molar-refractivity contribution in [2.24, 2.45) is 0 Å². The molecule has 0 saturated heterocycles. The van der Waals surface area contributed by atoms with Crippen LogP contribution in [0.5, 0.6) is 5.75 Å². The van der Waals surface area contributed by atoms with E-state index >= 15 is 0 Å². The molecule has 0 amide bonds. The predicted molar refractivity (Wildman–Crippen MR) is 80.1 cm³/mol. The molecule has 3 heteroatoms. The van der Waals surface area contributed by atoms with Crippen molar-refractivity contribution in [3.05, 3.63) is 77.9 Å². The highest BCUT2D eigenvalue weighted by Gasteiger charge is 2.08. The van der Waals surface area contributed by atoms with Gasteiger partial charge < -0.3 is 4.74 Å². The molecular formula is C18H11NO2. The Kier molecular flexibility index (Phi) is 3.36. The number of ether oxygens (including phenoxy) is 1. The van der Waals surface area contributed by atoms with Gasteiger partial charge in [0.15, 0.2) is 0 Å². The number of nitriles is 1. The maximum atomic E-state index is 12.0. The van der Waals surface area contributed by atoms with E-state index in [0.29, 0.717) is 16.9 Å². The topological polar surface area (TPSA) is 50.1 Å². The van der Waals surface area contributed by atoms with E-state index in [4.69, 9.17) is 10.00 Å². The Labute approximate surface area is 122 Å². The Bertz CT molecular complexity index is 845. The lowest BCUT2D eigenvalue weighted by atomic mass is 10.1. The van der Waals surface area contributed by atoms with Gasteiger partial charge in [0.05, 0.1) is 17.2 Å². The standard InChI is InChI=1S/C18H11NO2/c19-12-13-5-7-15(8-6-13)18(20)21-17-10-9-14-3-1-2-4-16(14)11-17/h1-11H. The van der Waals surface area contributed by atoms with Crippen molar-refractivity contribution >= 4 is 16.7 Å². The molecule has 3 nitrogen and oxygen atoms in total. The Balaban J connectivity index is 1.83. The summed E-state index contributed by atoms with van der Waals surface area (Å²) in [5.74, 6) is 0.0674. The van der Waals surface area contributed by atoms with E-state index in [1.165, 1.54) is 0 Å². The summed E-state index contributed by atoms with van der Waals surface area (Å²) in [6.45, 7) is 0. The summed E-state index contributed by atoms with van der Waals surface area (Å²) in [4.78, 5) is 12.0. The van der Waals surface area contributed by atoms with Crippen LogP contribution in [-0.2, 0) is 0 Å². The molecule has 21 heavy (non-hydrogen) atoms. The van der Waals surface area contributed by atoms with Crippen molar-refractivity contribution in [1.82, 2.24) is 0 Å². The van der Waals surface area contributed by atoms with Crippen LogP contribution < -0.4 is 4.74 Å². The van der Waals surface area contributed by atoms with Crippen LogP contribution in [0.3, 0.4) is 0 Å². The molecule has 0 spiro atoms. The van der Waals surface area contributed by atoms with Crippen LogP contribution in [-0.4, -0.2) is 5.97 Å². The highest BCUT2D eigenvalue weighted by Crippen LogP contribution is 2.21. The molecule has 0 saturated carbocycles. The second-order valence-corrected chi connectivity index (χ2v) is 4.59. The van der Waals surface area contributed by atoms with E-state index in [1.54, 1.807) is 30.3 Å². The minimum absolute atomic E-state index is 0.419.